The van der Waals surface area contributed by atoms with E-state index < -0.39 is 0 Å². The number of aryl methyl sites for hydroxylation is 2. The number of fused-ring (bicyclic) bond motifs is 2. The van der Waals surface area contributed by atoms with Crippen LogP contribution in [-0.4, -0.2) is 18.2 Å². The van der Waals surface area contributed by atoms with Gasteiger partial charge in [0.05, 0.1) is 0 Å². The van der Waals surface area contributed by atoms with Crippen molar-refractivity contribution in [2.24, 2.45) is 0 Å². The van der Waals surface area contributed by atoms with Gasteiger partial charge in [0.2, 0.25) is 0 Å². The summed E-state index contributed by atoms with van der Waals surface area (Å²) >= 11 is 0. The summed E-state index contributed by atoms with van der Waals surface area (Å²) in [6.45, 7) is 5.92. The molecule has 1 aromatic heterocycles. The molecule has 0 unspecified atom stereocenters. The SMILES string of the molecule is Cc1cc(=O)oc2c(C)c3c(cc12)CN(CCc1ccc(F)cc1)CO3. The van der Waals surface area contributed by atoms with Crippen molar-refractivity contribution in [2.45, 2.75) is 26.8 Å². The van der Waals surface area contributed by atoms with Gasteiger partial charge in [0.1, 0.15) is 23.9 Å². The van der Waals surface area contributed by atoms with Gasteiger partial charge in [0.15, 0.2) is 0 Å². The summed E-state index contributed by atoms with van der Waals surface area (Å²) in [5.74, 6) is 0.595. The van der Waals surface area contributed by atoms with E-state index in [1.54, 1.807) is 0 Å². The first-order chi connectivity index (χ1) is 12.5. The first-order valence-corrected chi connectivity index (χ1v) is 8.68. The van der Waals surface area contributed by atoms with Gasteiger partial charge in [-0.15, -0.1) is 0 Å². The maximum Gasteiger partial charge on any atom is 0.336 e. The zero-order valence-corrected chi connectivity index (χ0v) is 14.8. The molecule has 0 amide bonds. The number of ether oxygens (including phenoxy) is 1. The van der Waals surface area contributed by atoms with Crippen molar-refractivity contribution in [3.05, 3.63) is 74.9 Å². The summed E-state index contributed by atoms with van der Waals surface area (Å²) < 4.78 is 24.4. The van der Waals surface area contributed by atoms with Crippen LogP contribution in [0.1, 0.15) is 22.3 Å². The molecule has 134 valence electrons. The zero-order chi connectivity index (χ0) is 18.3. The van der Waals surface area contributed by atoms with Crippen LogP contribution in [0.4, 0.5) is 4.39 Å². The molecule has 0 spiro atoms. The third-order valence-electron chi connectivity index (χ3n) is 4.91. The highest BCUT2D eigenvalue weighted by atomic mass is 19.1. The van der Waals surface area contributed by atoms with E-state index in [1.165, 1.54) is 18.2 Å². The van der Waals surface area contributed by atoms with Crippen LogP contribution in [0, 0.1) is 19.7 Å². The molecular formula is C21H20FNO3. The van der Waals surface area contributed by atoms with E-state index >= 15 is 0 Å². The molecule has 2 aromatic carbocycles. The Bertz CT molecular complexity index is 1020. The van der Waals surface area contributed by atoms with Gasteiger partial charge in [-0.3, -0.25) is 4.90 Å². The van der Waals surface area contributed by atoms with Gasteiger partial charge < -0.3 is 9.15 Å². The van der Waals surface area contributed by atoms with Gasteiger partial charge in [-0.05, 0) is 49.6 Å². The Balaban J connectivity index is 1.58. The lowest BCUT2D eigenvalue weighted by atomic mass is 10.0. The predicted octanol–water partition coefficient (Wildman–Crippen LogP) is 3.94. The van der Waals surface area contributed by atoms with Crippen LogP contribution in [0.3, 0.4) is 0 Å². The van der Waals surface area contributed by atoms with Gasteiger partial charge in [-0.25, -0.2) is 9.18 Å². The third-order valence-corrected chi connectivity index (χ3v) is 4.91. The minimum atomic E-state index is -0.338. The van der Waals surface area contributed by atoms with Crippen molar-refractivity contribution in [2.75, 3.05) is 13.3 Å². The average molecular weight is 353 g/mol. The fourth-order valence-electron chi connectivity index (χ4n) is 3.50. The monoisotopic (exact) mass is 353 g/mol. The average Bonchev–Trinajstić information content (AvgIpc) is 2.62. The van der Waals surface area contributed by atoms with Gasteiger partial charge in [0, 0.05) is 35.7 Å². The number of halogens is 1. The van der Waals surface area contributed by atoms with Crippen LogP contribution in [0.2, 0.25) is 0 Å². The number of benzene rings is 2. The summed E-state index contributed by atoms with van der Waals surface area (Å²) in [5.41, 5.74) is 4.24. The van der Waals surface area contributed by atoms with Crippen LogP contribution in [0.15, 0.2) is 45.6 Å². The standard InChI is InChI=1S/C21H20FNO3/c1-13-9-19(24)26-21-14(2)20-16(10-18(13)21)11-23(12-25-20)8-7-15-3-5-17(22)6-4-15/h3-6,9-10H,7-8,11-12H2,1-2H3. The van der Waals surface area contributed by atoms with Crippen LogP contribution in [0.25, 0.3) is 11.0 Å². The quantitative estimate of drug-likeness (QED) is 0.669. The number of nitrogens with zero attached hydrogens (tertiary/aromatic N) is 1. The van der Waals surface area contributed by atoms with Gasteiger partial charge in [-0.1, -0.05) is 12.1 Å². The molecule has 4 rings (SSSR count). The van der Waals surface area contributed by atoms with E-state index in [2.05, 4.69) is 11.0 Å². The molecule has 0 saturated carbocycles. The summed E-state index contributed by atoms with van der Waals surface area (Å²) in [6, 6.07) is 10.2. The fraction of sp³-hybridized carbons (Fsp3) is 0.286. The van der Waals surface area contributed by atoms with E-state index in [-0.39, 0.29) is 11.4 Å². The highest BCUT2D eigenvalue weighted by Gasteiger charge is 2.22. The Kier molecular flexibility index (Phi) is 4.24. The molecule has 0 fully saturated rings. The van der Waals surface area contributed by atoms with Gasteiger partial charge >= 0.3 is 5.63 Å². The number of rotatable bonds is 3. The molecule has 5 heteroatoms. The Labute approximate surface area is 150 Å². The smallest absolute Gasteiger partial charge is 0.336 e. The molecule has 1 aliphatic rings. The lowest BCUT2D eigenvalue weighted by Crippen LogP contribution is -2.34. The second-order valence-electron chi connectivity index (χ2n) is 6.82. The molecule has 0 aliphatic carbocycles. The van der Waals surface area contributed by atoms with Gasteiger partial charge in [0.25, 0.3) is 0 Å². The van der Waals surface area contributed by atoms with E-state index in [0.717, 1.165) is 52.9 Å². The van der Waals surface area contributed by atoms with E-state index in [0.29, 0.717) is 12.3 Å². The molecule has 0 N–H and O–H groups in total. The summed E-state index contributed by atoms with van der Waals surface area (Å²) in [7, 11) is 0. The maximum absolute atomic E-state index is 13.0. The van der Waals surface area contributed by atoms with Crippen LogP contribution in [0.5, 0.6) is 5.75 Å². The molecule has 0 atom stereocenters. The fourth-order valence-corrected chi connectivity index (χ4v) is 3.50. The largest absolute Gasteiger partial charge is 0.477 e. The van der Waals surface area contributed by atoms with Crippen molar-refractivity contribution in [3.8, 4) is 5.75 Å². The lowest BCUT2D eigenvalue weighted by molar-refractivity contribution is 0.0959. The molecule has 2 heterocycles. The number of hydrogen-bond acceptors (Lipinski definition) is 4. The van der Waals surface area contributed by atoms with E-state index in [1.807, 2.05) is 26.0 Å². The van der Waals surface area contributed by atoms with Crippen LogP contribution in [-0.2, 0) is 13.0 Å². The van der Waals surface area contributed by atoms with Crippen molar-refractivity contribution in [1.82, 2.24) is 4.90 Å². The van der Waals surface area contributed by atoms with Gasteiger partial charge in [-0.2, -0.15) is 0 Å². The molecule has 1 aliphatic heterocycles. The first-order valence-electron chi connectivity index (χ1n) is 8.68. The molecule has 0 bridgehead atoms. The maximum atomic E-state index is 13.0. The first kappa shape index (κ1) is 16.8. The minimum Gasteiger partial charge on any atom is -0.477 e. The van der Waals surface area contributed by atoms with E-state index in [4.69, 9.17) is 9.15 Å². The molecule has 0 saturated heterocycles. The number of hydrogen-bond donors (Lipinski definition) is 0. The lowest BCUT2D eigenvalue weighted by Gasteiger charge is -2.30. The Morgan fingerprint density at radius 3 is 2.69 bits per heavy atom. The zero-order valence-electron chi connectivity index (χ0n) is 14.8. The topological polar surface area (TPSA) is 42.7 Å². The molecule has 4 nitrogen and oxygen atoms in total. The second-order valence-corrected chi connectivity index (χ2v) is 6.82. The predicted molar refractivity (Wildman–Crippen MR) is 98.0 cm³/mol. The molecule has 0 radical (unpaired) electrons. The van der Waals surface area contributed by atoms with Crippen molar-refractivity contribution in [3.63, 3.8) is 0 Å². The van der Waals surface area contributed by atoms with Crippen LogP contribution >= 0.6 is 0 Å². The Hall–Kier alpha value is -2.66. The summed E-state index contributed by atoms with van der Waals surface area (Å²) in [5, 5.41) is 0.949. The molecule has 26 heavy (non-hydrogen) atoms. The van der Waals surface area contributed by atoms with Crippen molar-refractivity contribution in [1.29, 1.82) is 0 Å². The van der Waals surface area contributed by atoms with Crippen molar-refractivity contribution >= 4 is 11.0 Å². The summed E-state index contributed by atoms with van der Waals surface area (Å²) in [4.78, 5) is 13.9. The molecular weight excluding hydrogens is 333 g/mol. The minimum absolute atomic E-state index is 0.214. The Morgan fingerprint density at radius 2 is 1.92 bits per heavy atom. The normalized spacial score (nSPS) is 14.3. The van der Waals surface area contributed by atoms with Crippen molar-refractivity contribution < 1.29 is 13.5 Å². The van der Waals surface area contributed by atoms with Crippen LogP contribution < -0.4 is 10.4 Å². The second kappa shape index (κ2) is 6.57. The highest BCUT2D eigenvalue weighted by Crippen LogP contribution is 2.35. The Morgan fingerprint density at radius 1 is 1.15 bits per heavy atom. The van der Waals surface area contributed by atoms with E-state index in [9.17, 15) is 9.18 Å². The molecule has 3 aromatic rings. The third kappa shape index (κ3) is 3.10. The summed E-state index contributed by atoms with van der Waals surface area (Å²) in [6.07, 6.45) is 0.833. The highest BCUT2D eigenvalue weighted by molar-refractivity contribution is 5.86.